The van der Waals surface area contributed by atoms with E-state index in [4.69, 9.17) is 15.2 Å². The Morgan fingerprint density at radius 2 is 1.89 bits per heavy atom. The van der Waals surface area contributed by atoms with E-state index in [9.17, 15) is 0 Å². The molecule has 0 heterocycles. The summed E-state index contributed by atoms with van der Waals surface area (Å²) in [4.78, 5) is 4.28. The average Bonchev–Trinajstić information content (AvgIpc) is 2.42. The highest BCUT2D eigenvalue weighted by Crippen LogP contribution is 2.17. The van der Waals surface area contributed by atoms with Gasteiger partial charge in [0.15, 0.2) is 5.17 Å². The van der Waals surface area contributed by atoms with Crippen molar-refractivity contribution in [2.45, 2.75) is 13.8 Å². The molecule has 0 saturated heterocycles. The lowest BCUT2D eigenvalue weighted by Gasteiger charge is -2.07. The lowest BCUT2D eigenvalue weighted by Crippen LogP contribution is -2.12. The second kappa shape index (κ2) is 8.69. The van der Waals surface area contributed by atoms with Gasteiger partial charge in [0.25, 0.3) is 0 Å². The van der Waals surface area contributed by atoms with E-state index >= 15 is 0 Å². The number of aliphatic imine (C=N–C) groups is 1. The van der Waals surface area contributed by atoms with Crippen LogP contribution in [0.25, 0.3) is 0 Å². The van der Waals surface area contributed by atoms with E-state index < -0.39 is 0 Å². The summed E-state index contributed by atoms with van der Waals surface area (Å²) in [6.45, 7) is 5.62. The Hall–Kier alpha value is -1.36. The van der Waals surface area contributed by atoms with Crippen LogP contribution in [0, 0.1) is 5.92 Å². The minimum Gasteiger partial charge on any atom is -0.497 e. The molecule has 0 saturated carbocycles. The Balaban J connectivity index is 2.21. The topological polar surface area (TPSA) is 56.8 Å². The summed E-state index contributed by atoms with van der Waals surface area (Å²) in [6, 6.07) is 7.53. The van der Waals surface area contributed by atoms with Crippen LogP contribution in [-0.2, 0) is 0 Å². The van der Waals surface area contributed by atoms with Gasteiger partial charge < -0.3 is 15.2 Å². The molecule has 0 aliphatic heterocycles. The maximum absolute atomic E-state index is 5.78. The predicted molar refractivity (Wildman–Crippen MR) is 82.3 cm³/mol. The van der Waals surface area contributed by atoms with Crippen LogP contribution in [0.5, 0.6) is 11.5 Å². The number of rotatable bonds is 7. The maximum atomic E-state index is 5.78. The molecular formula is C14H22N2O2S. The van der Waals surface area contributed by atoms with Crippen LogP contribution >= 0.6 is 11.8 Å². The molecule has 0 aromatic heterocycles. The van der Waals surface area contributed by atoms with Gasteiger partial charge in [-0.25, -0.2) is 0 Å². The van der Waals surface area contributed by atoms with E-state index in [1.54, 1.807) is 7.11 Å². The van der Waals surface area contributed by atoms with Gasteiger partial charge in [-0.15, -0.1) is 0 Å². The molecule has 106 valence electrons. The summed E-state index contributed by atoms with van der Waals surface area (Å²) < 4.78 is 10.7. The van der Waals surface area contributed by atoms with Gasteiger partial charge in [-0.1, -0.05) is 25.6 Å². The van der Waals surface area contributed by atoms with E-state index in [2.05, 4.69) is 18.8 Å². The van der Waals surface area contributed by atoms with Crippen molar-refractivity contribution in [2.24, 2.45) is 16.6 Å². The van der Waals surface area contributed by atoms with E-state index in [1.807, 2.05) is 24.3 Å². The van der Waals surface area contributed by atoms with Crippen LogP contribution in [0.1, 0.15) is 13.8 Å². The standard InChI is InChI=1S/C14H22N2O2S/c1-11(2)10-16-14(15)19-9-8-18-13-6-4-12(17-3)5-7-13/h4-7,11H,8-10H2,1-3H3,(H2,15,16). The highest BCUT2D eigenvalue weighted by Gasteiger charge is 1.98. The van der Waals surface area contributed by atoms with Gasteiger partial charge in [0.05, 0.1) is 13.7 Å². The lowest BCUT2D eigenvalue weighted by molar-refractivity contribution is 0.343. The van der Waals surface area contributed by atoms with Crippen LogP contribution in [0.2, 0.25) is 0 Å². The van der Waals surface area contributed by atoms with Crippen LogP contribution in [-0.4, -0.2) is 31.2 Å². The van der Waals surface area contributed by atoms with Crippen molar-refractivity contribution in [3.05, 3.63) is 24.3 Å². The third kappa shape index (κ3) is 6.96. The molecule has 0 radical (unpaired) electrons. The van der Waals surface area contributed by atoms with Gasteiger partial charge >= 0.3 is 0 Å². The Bertz CT molecular complexity index is 391. The molecule has 1 aromatic rings. The second-order valence-electron chi connectivity index (χ2n) is 4.45. The summed E-state index contributed by atoms with van der Waals surface area (Å²) in [5, 5.41) is 0.632. The molecule has 1 rings (SSSR count). The molecule has 5 heteroatoms. The minimum absolute atomic E-state index is 0.537. The largest absolute Gasteiger partial charge is 0.497 e. The molecule has 0 amide bonds. The Morgan fingerprint density at radius 1 is 1.26 bits per heavy atom. The fourth-order valence-electron chi connectivity index (χ4n) is 1.30. The first-order valence-corrected chi connectivity index (χ1v) is 7.30. The molecule has 1 aromatic carbocycles. The number of methoxy groups -OCH3 is 1. The molecule has 0 fully saturated rings. The summed E-state index contributed by atoms with van der Waals surface area (Å²) in [6.07, 6.45) is 0. The zero-order valence-corrected chi connectivity index (χ0v) is 12.6. The van der Waals surface area contributed by atoms with Gasteiger partial charge in [0.2, 0.25) is 0 Å². The van der Waals surface area contributed by atoms with Crippen molar-refractivity contribution in [3.8, 4) is 11.5 Å². The third-order valence-electron chi connectivity index (χ3n) is 2.27. The molecule has 0 atom stereocenters. The van der Waals surface area contributed by atoms with Gasteiger partial charge in [-0.3, -0.25) is 4.99 Å². The molecule has 0 spiro atoms. The molecule has 0 bridgehead atoms. The van der Waals surface area contributed by atoms with Crippen molar-refractivity contribution >= 4 is 16.9 Å². The summed E-state index contributed by atoms with van der Waals surface area (Å²) in [5.74, 6) is 2.99. The quantitative estimate of drug-likeness (QED) is 0.474. The fourth-order valence-corrected chi connectivity index (χ4v) is 1.84. The lowest BCUT2D eigenvalue weighted by atomic mass is 10.2. The molecule has 4 nitrogen and oxygen atoms in total. The molecule has 2 N–H and O–H groups in total. The predicted octanol–water partition coefficient (Wildman–Crippen LogP) is 2.78. The highest BCUT2D eigenvalue weighted by molar-refractivity contribution is 8.13. The van der Waals surface area contributed by atoms with Crippen LogP contribution < -0.4 is 15.2 Å². The first-order valence-electron chi connectivity index (χ1n) is 6.31. The van der Waals surface area contributed by atoms with E-state index in [-0.39, 0.29) is 0 Å². The van der Waals surface area contributed by atoms with Gasteiger partial charge in [-0.05, 0) is 30.2 Å². The smallest absolute Gasteiger partial charge is 0.154 e. The molecule has 19 heavy (non-hydrogen) atoms. The van der Waals surface area contributed by atoms with Crippen LogP contribution in [0.4, 0.5) is 0 Å². The zero-order valence-electron chi connectivity index (χ0n) is 11.8. The Morgan fingerprint density at radius 3 is 2.47 bits per heavy atom. The SMILES string of the molecule is COc1ccc(OCCSC(N)=NCC(C)C)cc1. The Kier molecular flexibility index (Phi) is 7.18. The first kappa shape index (κ1) is 15.7. The van der Waals surface area contributed by atoms with E-state index in [0.717, 1.165) is 23.8 Å². The summed E-state index contributed by atoms with van der Waals surface area (Å²) in [5.41, 5.74) is 5.78. The van der Waals surface area contributed by atoms with Crippen LogP contribution in [0.3, 0.4) is 0 Å². The fraction of sp³-hybridized carbons (Fsp3) is 0.500. The van der Waals surface area contributed by atoms with E-state index in [0.29, 0.717) is 17.7 Å². The first-order chi connectivity index (χ1) is 9.11. The average molecular weight is 282 g/mol. The third-order valence-corrected chi connectivity index (χ3v) is 3.07. The Labute approximate surface area is 119 Å². The molecule has 0 unspecified atom stereocenters. The second-order valence-corrected chi connectivity index (χ2v) is 5.56. The van der Waals surface area contributed by atoms with Gasteiger partial charge in [0.1, 0.15) is 11.5 Å². The number of benzene rings is 1. The van der Waals surface area contributed by atoms with Gasteiger partial charge in [0, 0.05) is 12.3 Å². The van der Waals surface area contributed by atoms with Crippen LogP contribution in [0.15, 0.2) is 29.3 Å². The number of nitrogens with zero attached hydrogens (tertiary/aromatic N) is 1. The number of amidine groups is 1. The van der Waals surface area contributed by atoms with Crippen molar-refractivity contribution in [1.29, 1.82) is 0 Å². The van der Waals surface area contributed by atoms with Crippen molar-refractivity contribution < 1.29 is 9.47 Å². The van der Waals surface area contributed by atoms with Gasteiger partial charge in [-0.2, -0.15) is 0 Å². The highest BCUT2D eigenvalue weighted by atomic mass is 32.2. The zero-order chi connectivity index (χ0) is 14.1. The van der Waals surface area contributed by atoms with Crippen molar-refractivity contribution in [2.75, 3.05) is 26.0 Å². The number of ether oxygens (including phenoxy) is 2. The molecule has 0 aliphatic rings. The minimum atomic E-state index is 0.537. The van der Waals surface area contributed by atoms with Crippen molar-refractivity contribution in [3.63, 3.8) is 0 Å². The normalized spacial score (nSPS) is 11.7. The number of nitrogens with two attached hydrogens (primary N) is 1. The monoisotopic (exact) mass is 282 g/mol. The number of hydrogen-bond acceptors (Lipinski definition) is 4. The summed E-state index contributed by atoms with van der Waals surface area (Å²) in [7, 11) is 1.64. The summed E-state index contributed by atoms with van der Waals surface area (Å²) >= 11 is 1.52. The van der Waals surface area contributed by atoms with Crippen molar-refractivity contribution in [1.82, 2.24) is 0 Å². The maximum Gasteiger partial charge on any atom is 0.154 e. The number of thioether (sulfide) groups is 1. The molecular weight excluding hydrogens is 260 g/mol. The molecule has 0 aliphatic carbocycles. The number of hydrogen-bond donors (Lipinski definition) is 1. The van der Waals surface area contributed by atoms with E-state index in [1.165, 1.54) is 11.8 Å².